The molecule has 0 aromatic heterocycles. The molecule has 0 bridgehead atoms. The van der Waals surface area contributed by atoms with E-state index >= 15 is 0 Å². The number of hydrogen-bond donors (Lipinski definition) is 2. The van der Waals surface area contributed by atoms with Crippen LogP contribution < -0.4 is 10.2 Å². The molecule has 92 valence electrons. The van der Waals surface area contributed by atoms with Gasteiger partial charge in [-0.05, 0) is 25.0 Å². The van der Waals surface area contributed by atoms with Crippen molar-refractivity contribution < 1.29 is 9.90 Å². The first-order valence-electron chi connectivity index (χ1n) is 5.85. The molecule has 4 nitrogen and oxygen atoms in total. The van der Waals surface area contributed by atoms with Crippen molar-refractivity contribution in [1.82, 2.24) is 0 Å². The van der Waals surface area contributed by atoms with Crippen molar-refractivity contribution in [2.45, 2.75) is 18.9 Å². The molecule has 0 spiro atoms. The van der Waals surface area contributed by atoms with Crippen molar-refractivity contribution in [3.63, 3.8) is 0 Å². The van der Waals surface area contributed by atoms with E-state index in [-0.39, 0.29) is 12.0 Å². The van der Waals surface area contributed by atoms with Gasteiger partial charge in [0.25, 0.3) is 0 Å². The minimum Gasteiger partial charge on any atom is -0.481 e. The van der Waals surface area contributed by atoms with Crippen molar-refractivity contribution in [3.05, 3.63) is 24.3 Å². The van der Waals surface area contributed by atoms with E-state index < -0.39 is 5.97 Å². The molecule has 17 heavy (non-hydrogen) atoms. The number of hydrogen-bond acceptors (Lipinski definition) is 3. The number of anilines is 2. The fourth-order valence-corrected chi connectivity index (χ4v) is 2.15. The molecule has 1 aromatic carbocycles. The van der Waals surface area contributed by atoms with Crippen LogP contribution in [-0.2, 0) is 4.79 Å². The Labute approximate surface area is 101 Å². The largest absolute Gasteiger partial charge is 0.481 e. The van der Waals surface area contributed by atoms with E-state index in [4.69, 9.17) is 5.11 Å². The third-order valence-corrected chi connectivity index (χ3v) is 3.32. The summed E-state index contributed by atoms with van der Waals surface area (Å²) in [4.78, 5) is 13.0. The second kappa shape index (κ2) is 4.65. The predicted molar refractivity (Wildman–Crippen MR) is 68.5 cm³/mol. The van der Waals surface area contributed by atoms with Gasteiger partial charge in [-0.15, -0.1) is 0 Å². The summed E-state index contributed by atoms with van der Waals surface area (Å²) < 4.78 is 0. The molecule has 1 aromatic rings. The Balaban J connectivity index is 2.11. The molecule has 1 saturated carbocycles. The SMILES string of the molecule is CN(C)c1ccccc1NC1CCC1C(=O)O. The van der Waals surface area contributed by atoms with Gasteiger partial charge in [-0.1, -0.05) is 12.1 Å². The average molecular weight is 234 g/mol. The molecule has 2 unspecified atom stereocenters. The van der Waals surface area contributed by atoms with Crippen LogP contribution in [0.3, 0.4) is 0 Å². The summed E-state index contributed by atoms with van der Waals surface area (Å²) in [6.07, 6.45) is 1.70. The number of aliphatic carboxylic acids is 1. The molecule has 1 aliphatic rings. The number of carboxylic acids is 1. The topological polar surface area (TPSA) is 52.6 Å². The zero-order valence-electron chi connectivity index (χ0n) is 10.2. The van der Waals surface area contributed by atoms with Crippen molar-refractivity contribution in [2.75, 3.05) is 24.3 Å². The molecule has 0 radical (unpaired) electrons. The Morgan fingerprint density at radius 3 is 2.59 bits per heavy atom. The zero-order valence-corrected chi connectivity index (χ0v) is 10.2. The molecule has 1 aliphatic carbocycles. The maximum absolute atomic E-state index is 11.0. The molecule has 0 amide bonds. The number of carboxylic acid groups (broad SMARTS) is 1. The van der Waals surface area contributed by atoms with Crippen LogP contribution in [0.15, 0.2) is 24.3 Å². The quantitative estimate of drug-likeness (QED) is 0.837. The maximum atomic E-state index is 11.0. The molecular formula is C13H18N2O2. The molecule has 2 rings (SSSR count). The summed E-state index contributed by atoms with van der Waals surface area (Å²) >= 11 is 0. The summed E-state index contributed by atoms with van der Waals surface area (Å²) in [5.74, 6) is -0.943. The van der Waals surface area contributed by atoms with Gasteiger partial charge in [0.15, 0.2) is 0 Å². The zero-order chi connectivity index (χ0) is 12.4. The van der Waals surface area contributed by atoms with Crippen LogP contribution in [0, 0.1) is 5.92 Å². The third-order valence-electron chi connectivity index (χ3n) is 3.32. The summed E-state index contributed by atoms with van der Waals surface area (Å²) in [5, 5.41) is 12.3. The fourth-order valence-electron chi connectivity index (χ4n) is 2.15. The highest BCUT2D eigenvalue weighted by molar-refractivity contribution is 5.75. The molecule has 2 N–H and O–H groups in total. The minimum absolute atomic E-state index is 0.0635. The van der Waals surface area contributed by atoms with E-state index in [1.807, 2.05) is 43.3 Å². The van der Waals surface area contributed by atoms with Crippen LogP contribution in [0.5, 0.6) is 0 Å². The first-order valence-corrected chi connectivity index (χ1v) is 5.85. The van der Waals surface area contributed by atoms with Gasteiger partial charge in [0.2, 0.25) is 0 Å². The van der Waals surface area contributed by atoms with Gasteiger partial charge in [0, 0.05) is 20.1 Å². The summed E-state index contributed by atoms with van der Waals surface area (Å²) in [6, 6.07) is 8.02. The molecule has 1 fully saturated rings. The smallest absolute Gasteiger partial charge is 0.308 e. The monoisotopic (exact) mass is 234 g/mol. The van der Waals surface area contributed by atoms with Gasteiger partial charge < -0.3 is 15.3 Å². The van der Waals surface area contributed by atoms with E-state index in [0.29, 0.717) is 0 Å². The number of para-hydroxylation sites is 2. The van der Waals surface area contributed by atoms with Crippen LogP contribution in [-0.4, -0.2) is 31.2 Å². The van der Waals surface area contributed by atoms with Gasteiger partial charge >= 0.3 is 5.97 Å². The molecule has 4 heteroatoms. The van der Waals surface area contributed by atoms with Crippen LogP contribution in [0.4, 0.5) is 11.4 Å². The number of carbonyl (C=O) groups is 1. The number of rotatable bonds is 4. The van der Waals surface area contributed by atoms with Gasteiger partial charge in [-0.3, -0.25) is 4.79 Å². The lowest BCUT2D eigenvalue weighted by Crippen LogP contribution is -2.43. The lowest BCUT2D eigenvalue weighted by Gasteiger charge is -2.35. The Bertz CT molecular complexity index is 418. The average Bonchev–Trinajstić information content (AvgIpc) is 2.23. The van der Waals surface area contributed by atoms with E-state index in [2.05, 4.69) is 5.32 Å². The molecule has 0 saturated heterocycles. The van der Waals surface area contributed by atoms with Crippen LogP contribution >= 0.6 is 0 Å². The van der Waals surface area contributed by atoms with Gasteiger partial charge in [-0.2, -0.15) is 0 Å². The fraction of sp³-hybridized carbons (Fsp3) is 0.462. The number of nitrogens with one attached hydrogen (secondary N) is 1. The molecule has 0 aliphatic heterocycles. The van der Waals surface area contributed by atoms with E-state index in [9.17, 15) is 4.79 Å². The Kier molecular flexibility index (Phi) is 3.22. The van der Waals surface area contributed by atoms with Crippen LogP contribution in [0.2, 0.25) is 0 Å². The lowest BCUT2D eigenvalue weighted by molar-refractivity contribution is -0.144. The Morgan fingerprint density at radius 1 is 1.35 bits per heavy atom. The van der Waals surface area contributed by atoms with Crippen molar-refractivity contribution >= 4 is 17.3 Å². The number of nitrogens with zero attached hydrogens (tertiary/aromatic N) is 1. The van der Waals surface area contributed by atoms with Gasteiger partial charge in [0.05, 0.1) is 17.3 Å². The normalized spacial score (nSPS) is 22.7. The standard InChI is InChI=1S/C13H18N2O2/c1-15(2)12-6-4-3-5-11(12)14-10-8-7-9(10)13(16)17/h3-6,9-10,14H,7-8H2,1-2H3,(H,16,17). The second-order valence-electron chi connectivity index (χ2n) is 4.68. The van der Waals surface area contributed by atoms with E-state index in [1.54, 1.807) is 0 Å². The van der Waals surface area contributed by atoms with E-state index in [1.165, 1.54) is 0 Å². The maximum Gasteiger partial charge on any atom is 0.308 e. The van der Waals surface area contributed by atoms with Gasteiger partial charge in [0.1, 0.15) is 0 Å². The lowest BCUT2D eigenvalue weighted by atomic mass is 9.79. The molecular weight excluding hydrogens is 216 g/mol. The highest BCUT2D eigenvalue weighted by atomic mass is 16.4. The predicted octanol–water partition coefficient (Wildman–Crippen LogP) is 2.03. The first kappa shape index (κ1) is 11.8. The Morgan fingerprint density at radius 2 is 2.06 bits per heavy atom. The molecule has 0 heterocycles. The summed E-state index contributed by atoms with van der Waals surface area (Å²) in [7, 11) is 3.96. The van der Waals surface area contributed by atoms with Gasteiger partial charge in [-0.25, -0.2) is 0 Å². The minimum atomic E-state index is -0.698. The molecule has 2 atom stereocenters. The number of benzene rings is 1. The first-order chi connectivity index (χ1) is 8.09. The van der Waals surface area contributed by atoms with Crippen molar-refractivity contribution in [2.24, 2.45) is 5.92 Å². The summed E-state index contributed by atoms with van der Waals surface area (Å²) in [5.41, 5.74) is 2.09. The highest BCUT2D eigenvalue weighted by Gasteiger charge is 2.36. The second-order valence-corrected chi connectivity index (χ2v) is 4.68. The van der Waals surface area contributed by atoms with E-state index in [0.717, 1.165) is 24.2 Å². The highest BCUT2D eigenvalue weighted by Crippen LogP contribution is 2.33. The van der Waals surface area contributed by atoms with Crippen molar-refractivity contribution in [1.29, 1.82) is 0 Å². The van der Waals surface area contributed by atoms with Crippen molar-refractivity contribution in [3.8, 4) is 0 Å². The summed E-state index contributed by atoms with van der Waals surface area (Å²) in [6.45, 7) is 0. The van der Waals surface area contributed by atoms with Crippen LogP contribution in [0.25, 0.3) is 0 Å². The van der Waals surface area contributed by atoms with Crippen LogP contribution in [0.1, 0.15) is 12.8 Å². The third kappa shape index (κ3) is 2.35. The Hall–Kier alpha value is -1.71.